The van der Waals surface area contributed by atoms with Crippen molar-refractivity contribution in [2.75, 3.05) is 0 Å². The van der Waals surface area contributed by atoms with Gasteiger partial charge in [0.1, 0.15) is 11.5 Å². The molecule has 4 rings (SSSR count). The number of fused-ring (bicyclic) bond motifs is 1. The minimum atomic E-state index is -0.396. The summed E-state index contributed by atoms with van der Waals surface area (Å²) in [5, 5.41) is 10.4. The molecule has 2 aliphatic rings. The Hall–Kier alpha value is -1.84. The Morgan fingerprint density at radius 1 is 0.905 bits per heavy atom. The first-order valence-electron chi connectivity index (χ1n) is 7.46. The molecule has 1 aliphatic carbocycles. The van der Waals surface area contributed by atoms with E-state index in [1.165, 1.54) is 0 Å². The van der Waals surface area contributed by atoms with E-state index >= 15 is 0 Å². The number of aliphatic hydroxyl groups excluding tert-OH is 1. The normalized spacial score (nSPS) is 28.0. The summed E-state index contributed by atoms with van der Waals surface area (Å²) in [7, 11) is 0. The van der Waals surface area contributed by atoms with E-state index < -0.39 is 6.10 Å². The van der Waals surface area contributed by atoms with Crippen molar-refractivity contribution in [3.8, 4) is 11.5 Å². The summed E-state index contributed by atoms with van der Waals surface area (Å²) < 4.78 is 11.2. The van der Waals surface area contributed by atoms with Crippen molar-refractivity contribution in [3.05, 3.63) is 60.2 Å². The minimum Gasteiger partial charge on any atom is -0.457 e. The fourth-order valence-electron chi connectivity index (χ4n) is 3.17. The molecule has 1 N–H and O–H groups in total. The zero-order chi connectivity index (χ0) is 14.2. The fraction of sp³-hybridized carbons (Fsp3) is 0.333. The Morgan fingerprint density at radius 3 is 2.19 bits per heavy atom. The average molecular weight is 282 g/mol. The second-order valence-corrected chi connectivity index (χ2v) is 5.87. The van der Waals surface area contributed by atoms with Gasteiger partial charge >= 0.3 is 0 Å². The van der Waals surface area contributed by atoms with E-state index in [9.17, 15) is 5.11 Å². The molecule has 4 atom stereocenters. The van der Waals surface area contributed by atoms with Crippen LogP contribution in [0.1, 0.15) is 24.5 Å². The number of benzene rings is 2. The number of para-hydroxylation sites is 1. The van der Waals surface area contributed by atoms with Crippen molar-refractivity contribution in [1.82, 2.24) is 0 Å². The highest BCUT2D eigenvalue weighted by Crippen LogP contribution is 2.47. The predicted molar refractivity (Wildman–Crippen MR) is 79.3 cm³/mol. The van der Waals surface area contributed by atoms with Crippen molar-refractivity contribution in [2.45, 2.75) is 31.2 Å². The number of aliphatic hydroxyl groups is 1. The van der Waals surface area contributed by atoms with Gasteiger partial charge in [0.15, 0.2) is 0 Å². The van der Waals surface area contributed by atoms with Crippen LogP contribution in [0.15, 0.2) is 54.6 Å². The lowest BCUT2D eigenvalue weighted by Gasteiger charge is -2.19. The van der Waals surface area contributed by atoms with Crippen LogP contribution in [-0.2, 0) is 4.74 Å². The third-order valence-electron chi connectivity index (χ3n) is 4.40. The summed E-state index contributed by atoms with van der Waals surface area (Å²) in [4.78, 5) is 0. The van der Waals surface area contributed by atoms with Gasteiger partial charge in [-0.1, -0.05) is 30.3 Å². The highest BCUT2D eigenvalue weighted by molar-refractivity contribution is 5.33. The summed E-state index contributed by atoms with van der Waals surface area (Å²) in [6.07, 6.45) is 2.38. The molecule has 2 fully saturated rings. The summed E-state index contributed by atoms with van der Waals surface area (Å²) in [6, 6.07) is 17.4. The first kappa shape index (κ1) is 12.9. The molecule has 1 heterocycles. The largest absolute Gasteiger partial charge is 0.457 e. The lowest BCUT2D eigenvalue weighted by molar-refractivity contribution is 0.0866. The molecule has 1 aliphatic heterocycles. The van der Waals surface area contributed by atoms with Gasteiger partial charge in [-0.2, -0.15) is 0 Å². The van der Waals surface area contributed by atoms with E-state index in [2.05, 4.69) is 0 Å². The highest BCUT2D eigenvalue weighted by atomic mass is 16.6. The van der Waals surface area contributed by atoms with Gasteiger partial charge in [0.25, 0.3) is 0 Å². The molecular weight excluding hydrogens is 264 g/mol. The Labute approximate surface area is 124 Å². The molecule has 21 heavy (non-hydrogen) atoms. The van der Waals surface area contributed by atoms with E-state index in [1.807, 2.05) is 54.6 Å². The lowest BCUT2D eigenvalue weighted by atomic mass is 9.94. The van der Waals surface area contributed by atoms with Gasteiger partial charge < -0.3 is 14.6 Å². The van der Waals surface area contributed by atoms with E-state index in [4.69, 9.17) is 9.47 Å². The molecule has 1 saturated heterocycles. The highest BCUT2D eigenvalue weighted by Gasteiger charge is 2.49. The number of ether oxygens (including phenoxy) is 2. The van der Waals surface area contributed by atoms with Gasteiger partial charge in [0.05, 0.1) is 18.3 Å². The molecule has 1 saturated carbocycles. The number of rotatable bonds is 4. The zero-order valence-electron chi connectivity index (χ0n) is 11.7. The second-order valence-electron chi connectivity index (χ2n) is 5.87. The summed E-state index contributed by atoms with van der Waals surface area (Å²) in [5.41, 5.74) is 0.960. The molecule has 0 spiro atoms. The molecule has 3 heteroatoms. The van der Waals surface area contributed by atoms with Gasteiger partial charge in [-0.05, 0) is 48.6 Å². The van der Waals surface area contributed by atoms with Crippen LogP contribution in [0, 0.1) is 5.92 Å². The molecule has 0 amide bonds. The van der Waals surface area contributed by atoms with Gasteiger partial charge in [-0.15, -0.1) is 0 Å². The Morgan fingerprint density at radius 2 is 1.52 bits per heavy atom. The minimum absolute atomic E-state index is 0.328. The third kappa shape index (κ3) is 2.67. The van der Waals surface area contributed by atoms with Gasteiger partial charge in [-0.3, -0.25) is 0 Å². The van der Waals surface area contributed by atoms with Gasteiger partial charge in [0.2, 0.25) is 0 Å². The number of epoxide rings is 1. The van der Waals surface area contributed by atoms with Crippen LogP contribution < -0.4 is 4.74 Å². The first-order chi connectivity index (χ1) is 10.3. The van der Waals surface area contributed by atoms with E-state index in [1.54, 1.807) is 0 Å². The zero-order valence-corrected chi connectivity index (χ0v) is 11.7. The van der Waals surface area contributed by atoms with Crippen LogP contribution in [0.5, 0.6) is 11.5 Å². The second kappa shape index (κ2) is 5.17. The topological polar surface area (TPSA) is 42.0 Å². The Kier molecular flexibility index (Phi) is 3.17. The molecule has 108 valence electrons. The van der Waals surface area contributed by atoms with E-state index in [-0.39, 0.29) is 0 Å². The number of hydrogen-bond donors (Lipinski definition) is 1. The maximum Gasteiger partial charge on any atom is 0.127 e. The average Bonchev–Trinajstić information content (AvgIpc) is 3.14. The summed E-state index contributed by atoms with van der Waals surface area (Å²) in [6.45, 7) is 0. The Balaban J connectivity index is 1.43. The van der Waals surface area contributed by atoms with Crippen LogP contribution in [0.3, 0.4) is 0 Å². The SMILES string of the molecule is O[C@H](c1ccc(Oc2ccccc2)cc1)C1C[C@@H]2O[C@@H]2C1. The maximum atomic E-state index is 10.4. The van der Waals surface area contributed by atoms with Crippen molar-refractivity contribution < 1.29 is 14.6 Å². The standard InChI is InChI=1S/C18H18O3/c19-18(13-10-16-17(11-13)21-16)12-6-8-15(9-7-12)20-14-4-2-1-3-5-14/h1-9,13,16-19H,10-11H2/t13?,16-,17+,18-/m1/s1. The number of hydrogen-bond acceptors (Lipinski definition) is 3. The molecule has 0 aromatic heterocycles. The van der Waals surface area contributed by atoms with Crippen LogP contribution in [-0.4, -0.2) is 17.3 Å². The fourth-order valence-corrected chi connectivity index (χ4v) is 3.17. The van der Waals surface area contributed by atoms with Crippen LogP contribution in [0.2, 0.25) is 0 Å². The molecule has 2 aromatic carbocycles. The van der Waals surface area contributed by atoms with Crippen LogP contribution >= 0.6 is 0 Å². The molecule has 1 unspecified atom stereocenters. The van der Waals surface area contributed by atoms with E-state index in [0.717, 1.165) is 29.9 Å². The van der Waals surface area contributed by atoms with Crippen LogP contribution in [0.25, 0.3) is 0 Å². The van der Waals surface area contributed by atoms with Gasteiger partial charge in [0, 0.05) is 0 Å². The van der Waals surface area contributed by atoms with Crippen molar-refractivity contribution >= 4 is 0 Å². The maximum absolute atomic E-state index is 10.4. The molecule has 0 radical (unpaired) electrons. The Bertz CT molecular complexity index is 598. The monoisotopic (exact) mass is 282 g/mol. The third-order valence-corrected chi connectivity index (χ3v) is 4.40. The van der Waals surface area contributed by atoms with Crippen LogP contribution in [0.4, 0.5) is 0 Å². The van der Waals surface area contributed by atoms with Crippen molar-refractivity contribution in [1.29, 1.82) is 0 Å². The molecular formula is C18H18O3. The first-order valence-corrected chi connectivity index (χ1v) is 7.46. The predicted octanol–water partition coefficient (Wildman–Crippen LogP) is 3.69. The molecule has 0 bridgehead atoms. The molecule has 3 nitrogen and oxygen atoms in total. The smallest absolute Gasteiger partial charge is 0.127 e. The van der Waals surface area contributed by atoms with Crippen molar-refractivity contribution in [2.24, 2.45) is 5.92 Å². The van der Waals surface area contributed by atoms with E-state index in [0.29, 0.717) is 18.1 Å². The van der Waals surface area contributed by atoms with Crippen molar-refractivity contribution in [3.63, 3.8) is 0 Å². The summed E-state index contributed by atoms with van der Waals surface area (Å²) >= 11 is 0. The van der Waals surface area contributed by atoms with Gasteiger partial charge in [-0.25, -0.2) is 0 Å². The quantitative estimate of drug-likeness (QED) is 0.870. The molecule has 2 aromatic rings. The lowest BCUT2D eigenvalue weighted by Crippen LogP contribution is -2.11. The summed E-state index contributed by atoms with van der Waals surface area (Å²) in [5.74, 6) is 1.93.